The number of nitrogens with zero attached hydrogens (tertiary/aromatic N) is 2. The lowest BCUT2D eigenvalue weighted by atomic mass is 10.0. The minimum Gasteiger partial charge on any atom is -0.342 e. The van der Waals surface area contributed by atoms with Crippen LogP contribution in [0.3, 0.4) is 0 Å². The molecule has 0 radical (unpaired) electrons. The molecule has 2 heterocycles. The molecule has 1 aliphatic rings. The zero-order chi connectivity index (χ0) is 16.6. The van der Waals surface area contributed by atoms with Gasteiger partial charge in [-0.1, -0.05) is 11.6 Å². The highest BCUT2D eigenvalue weighted by atomic mass is 35.5. The lowest BCUT2D eigenvalue weighted by Gasteiger charge is -2.27. The van der Waals surface area contributed by atoms with Gasteiger partial charge in [0.2, 0.25) is 12.3 Å². The third-order valence-electron chi connectivity index (χ3n) is 3.49. The fraction of sp³-hybridized carbons (Fsp3) is 0.143. The van der Waals surface area contributed by atoms with Crippen molar-refractivity contribution >= 4 is 36.0 Å². The number of carbonyl (C=O) groups is 3. The molecular formula is C14H10ClFN4O3. The molecule has 23 heavy (non-hydrogen) atoms. The fourth-order valence-electron chi connectivity index (χ4n) is 2.57. The zero-order valence-electron chi connectivity index (χ0n) is 11.5. The molecule has 2 amide bonds. The summed E-state index contributed by atoms with van der Waals surface area (Å²) < 4.78 is 14.9. The number of hydrogen-bond donors (Lipinski definition) is 2. The highest BCUT2D eigenvalue weighted by Crippen LogP contribution is 2.35. The van der Waals surface area contributed by atoms with Crippen LogP contribution in [0, 0.1) is 5.82 Å². The first-order valence-electron chi connectivity index (χ1n) is 6.55. The minimum atomic E-state index is -0.844. The van der Waals surface area contributed by atoms with Crippen LogP contribution in [0.2, 0.25) is 5.02 Å². The molecule has 1 aromatic heterocycles. The lowest BCUT2D eigenvalue weighted by Crippen LogP contribution is -2.39. The van der Waals surface area contributed by atoms with Gasteiger partial charge in [-0.2, -0.15) is 0 Å². The number of anilines is 1. The number of nitrogens with one attached hydrogen (secondary N) is 2. The van der Waals surface area contributed by atoms with E-state index in [-0.39, 0.29) is 29.1 Å². The van der Waals surface area contributed by atoms with Gasteiger partial charge < -0.3 is 15.2 Å². The molecule has 0 saturated heterocycles. The number of imidazole rings is 1. The summed E-state index contributed by atoms with van der Waals surface area (Å²) in [7, 11) is 0. The molecule has 0 spiro atoms. The largest absolute Gasteiger partial charge is 0.342 e. The topological polar surface area (TPSA) is 93.1 Å². The van der Waals surface area contributed by atoms with Gasteiger partial charge in [-0.3, -0.25) is 14.4 Å². The van der Waals surface area contributed by atoms with Crippen LogP contribution in [0.5, 0.6) is 0 Å². The Bertz CT molecular complexity index is 821. The Morgan fingerprint density at radius 2 is 2.22 bits per heavy atom. The van der Waals surface area contributed by atoms with Crippen molar-refractivity contribution in [2.45, 2.75) is 12.6 Å². The molecule has 1 aliphatic heterocycles. The second kappa shape index (κ2) is 5.81. The first-order chi connectivity index (χ1) is 11.0. The number of hydrogen-bond acceptors (Lipinski definition) is 4. The van der Waals surface area contributed by atoms with E-state index in [0.29, 0.717) is 24.0 Å². The van der Waals surface area contributed by atoms with Gasteiger partial charge in [0.05, 0.1) is 11.7 Å². The van der Waals surface area contributed by atoms with E-state index in [0.717, 1.165) is 0 Å². The molecule has 0 aliphatic carbocycles. The Balaban J connectivity index is 2.23. The molecule has 0 fully saturated rings. The molecule has 2 N–H and O–H groups in total. The van der Waals surface area contributed by atoms with Crippen molar-refractivity contribution in [3.8, 4) is 0 Å². The number of fused-ring (bicyclic) bond motifs is 1. The minimum absolute atomic E-state index is 0.0169. The Labute approximate surface area is 134 Å². The number of amides is 2. The van der Waals surface area contributed by atoms with Crippen molar-refractivity contribution in [3.05, 3.63) is 46.1 Å². The second-order valence-electron chi connectivity index (χ2n) is 4.84. The van der Waals surface area contributed by atoms with Gasteiger partial charge >= 0.3 is 0 Å². The van der Waals surface area contributed by atoms with E-state index in [9.17, 15) is 18.8 Å². The Hall–Kier alpha value is -2.74. The Morgan fingerprint density at radius 1 is 1.43 bits per heavy atom. The van der Waals surface area contributed by atoms with Gasteiger partial charge in [-0.15, -0.1) is 0 Å². The first-order valence-corrected chi connectivity index (χ1v) is 6.93. The molecule has 118 valence electrons. The number of benzene rings is 1. The standard InChI is InChI=1S/C14H10ClFN4O3/c15-9-2-1-7(16)3-8(9)12-13-14(17-6-22)18-10(5-21)20(13)4-11(23)19-12/h1-3,5-6,12H,4H2,(H,17,22)(H,19,23). The van der Waals surface area contributed by atoms with E-state index in [2.05, 4.69) is 15.6 Å². The highest BCUT2D eigenvalue weighted by molar-refractivity contribution is 6.31. The first kappa shape index (κ1) is 15.2. The predicted molar refractivity (Wildman–Crippen MR) is 78.7 cm³/mol. The van der Waals surface area contributed by atoms with E-state index in [1.54, 1.807) is 0 Å². The summed E-state index contributed by atoms with van der Waals surface area (Å²) in [6.07, 6.45) is 0.876. The van der Waals surface area contributed by atoms with Crippen LogP contribution in [0.15, 0.2) is 18.2 Å². The second-order valence-corrected chi connectivity index (χ2v) is 5.24. The van der Waals surface area contributed by atoms with Crippen LogP contribution in [0.4, 0.5) is 10.2 Å². The van der Waals surface area contributed by atoms with Gasteiger partial charge in [0.1, 0.15) is 12.4 Å². The van der Waals surface area contributed by atoms with Crippen LogP contribution >= 0.6 is 11.6 Å². The summed E-state index contributed by atoms with van der Waals surface area (Å²) in [6, 6.07) is 2.89. The fourth-order valence-corrected chi connectivity index (χ4v) is 2.80. The third-order valence-corrected chi connectivity index (χ3v) is 3.83. The maximum Gasteiger partial charge on any atom is 0.240 e. The molecule has 0 bridgehead atoms. The Kier molecular flexibility index (Phi) is 3.83. The smallest absolute Gasteiger partial charge is 0.240 e. The quantitative estimate of drug-likeness (QED) is 0.822. The summed E-state index contributed by atoms with van der Waals surface area (Å²) in [4.78, 5) is 37.8. The Morgan fingerprint density at radius 3 is 2.91 bits per heavy atom. The average molecular weight is 337 g/mol. The van der Waals surface area contributed by atoms with Gasteiger partial charge in [0.15, 0.2) is 17.9 Å². The van der Waals surface area contributed by atoms with Gasteiger partial charge in [0.25, 0.3) is 0 Å². The van der Waals surface area contributed by atoms with E-state index >= 15 is 0 Å². The number of rotatable bonds is 4. The van der Waals surface area contributed by atoms with Crippen LogP contribution in [0.1, 0.15) is 27.9 Å². The molecule has 1 unspecified atom stereocenters. The van der Waals surface area contributed by atoms with Gasteiger partial charge in [-0.05, 0) is 18.2 Å². The molecule has 0 saturated carbocycles. The van der Waals surface area contributed by atoms with Crippen molar-refractivity contribution in [3.63, 3.8) is 0 Å². The van der Waals surface area contributed by atoms with Crippen LogP contribution in [-0.4, -0.2) is 28.2 Å². The lowest BCUT2D eigenvalue weighted by molar-refractivity contribution is -0.123. The normalized spacial score (nSPS) is 16.4. The molecule has 1 aromatic carbocycles. The van der Waals surface area contributed by atoms with E-state index in [1.807, 2.05) is 0 Å². The van der Waals surface area contributed by atoms with Crippen molar-refractivity contribution < 1.29 is 18.8 Å². The average Bonchev–Trinajstić information content (AvgIpc) is 2.87. The summed E-state index contributed by atoms with van der Waals surface area (Å²) in [5.41, 5.74) is 0.651. The van der Waals surface area contributed by atoms with Crippen LogP contribution < -0.4 is 10.6 Å². The van der Waals surface area contributed by atoms with Gasteiger partial charge in [0, 0.05) is 10.6 Å². The molecular weight excluding hydrogens is 327 g/mol. The molecule has 1 atom stereocenters. The maximum absolute atomic E-state index is 13.6. The molecule has 7 nitrogen and oxygen atoms in total. The van der Waals surface area contributed by atoms with Gasteiger partial charge in [-0.25, -0.2) is 9.37 Å². The van der Waals surface area contributed by atoms with Crippen molar-refractivity contribution in [1.82, 2.24) is 14.9 Å². The number of carbonyl (C=O) groups excluding carboxylic acids is 3. The summed E-state index contributed by atoms with van der Waals surface area (Å²) in [5.74, 6) is -0.832. The van der Waals surface area contributed by atoms with E-state index in [4.69, 9.17) is 11.6 Å². The molecule has 2 aromatic rings. The number of aromatic nitrogens is 2. The monoisotopic (exact) mass is 336 g/mol. The number of halogens is 2. The van der Waals surface area contributed by atoms with Crippen LogP contribution in [0.25, 0.3) is 0 Å². The van der Waals surface area contributed by atoms with E-state index in [1.165, 1.54) is 22.8 Å². The summed E-state index contributed by atoms with van der Waals surface area (Å²) in [5, 5.41) is 5.28. The predicted octanol–water partition coefficient (Wildman–Crippen LogP) is 1.28. The molecule has 3 rings (SSSR count). The van der Waals surface area contributed by atoms with Crippen LogP contribution in [-0.2, 0) is 16.1 Å². The summed E-state index contributed by atoms with van der Waals surface area (Å²) >= 11 is 6.11. The highest BCUT2D eigenvalue weighted by Gasteiger charge is 2.33. The zero-order valence-corrected chi connectivity index (χ0v) is 12.3. The third kappa shape index (κ3) is 2.57. The van der Waals surface area contributed by atoms with Crippen molar-refractivity contribution in [2.75, 3.05) is 5.32 Å². The van der Waals surface area contributed by atoms with Crippen molar-refractivity contribution in [1.29, 1.82) is 0 Å². The molecule has 9 heteroatoms. The SMILES string of the molecule is O=CNc1nc(C=O)n2c1C(c1cc(F)ccc1Cl)NC(=O)C2. The van der Waals surface area contributed by atoms with E-state index < -0.39 is 11.9 Å². The summed E-state index contributed by atoms with van der Waals surface area (Å²) in [6.45, 7) is -0.139. The maximum atomic E-state index is 13.6. The van der Waals surface area contributed by atoms with Crippen molar-refractivity contribution in [2.24, 2.45) is 0 Å². The number of aldehydes is 1.